The van der Waals surface area contributed by atoms with Gasteiger partial charge in [-0.05, 0) is 43.2 Å². The van der Waals surface area contributed by atoms with Gasteiger partial charge in [0.25, 0.3) is 0 Å². The van der Waals surface area contributed by atoms with Crippen molar-refractivity contribution < 1.29 is 22.0 Å². The second-order valence-corrected chi connectivity index (χ2v) is 9.28. The molecule has 1 amide bonds. The molecule has 0 atom stereocenters. The zero-order valence-electron chi connectivity index (χ0n) is 16.6. The Morgan fingerprint density at radius 2 is 1.87 bits per heavy atom. The van der Waals surface area contributed by atoms with E-state index in [2.05, 4.69) is 14.7 Å². The summed E-state index contributed by atoms with van der Waals surface area (Å²) in [4.78, 5) is 21.8. The predicted octanol–water partition coefficient (Wildman–Crippen LogP) is 2.92. The molecule has 2 aromatic carbocycles. The summed E-state index contributed by atoms with van der Waals surface area (Å²) in [5, 5.41) is 0. The third-order valence-corrected chi connectivity index (χ3v) is 6.93. The predicted molar refractivity (Wildman–Crippen MR) is 111 cm³/mol. The number of aromatic amines is 1. The SMILES string of the molecule is O=C(CCNS(=O)(=O)c1ccc(F)c(F)c1)N1CCC(c2nc3ccccc3[nH]2)CC1. The molecule has 31 heavy (non-hydrogen) atoms. The van der Waals surface area contributed by atoms with Crippen molar-refractivity contribution in [2.75, 3.05) is 19.6 Å². The van der Waals surface area contributed by atoms with Crippen molar-refractivity contribution in [2.45, 2.75) is 30.1 Å². The van der Waals surface area contributed by atoms with E-state index >= 15 is 0 Å². The number of halogens is 2. The van der Waals surface area contributed by atoms with E-state index in [0.717, 1.165) is 41.8 Å². The van der Waals surface area contributed by atoms with Crippen LogP contribution in [-0.2, 0) is 14.8 Å². The van der Waals surface area contributed by atoms with Crippen LogP contribution in [-0.4, -0.2) is 48.8 Å². The Hall–Kier alpha value is -2.85. The number of imidazole rings is 1. The summed E-state index contributed by atoms with van der Waals surface area (Å²) in [5.41, 5.74) is 1.91. The summed E-state index contributed by atoms with van der Waals surface area (Å²) >= 11 is 0. The van der Waals surface area contributed by atoms with E-state index in [1.807, 2.05) is 24.3 Å². The summed E-state index contributed by atoms with van der Waals surface area (Å²) in [6.45, 7) is 1.01. The van der Waals surface area contributed by atoms with Gasteiger partial charge in [0, 0.05) is 32.0 Å². The number of nitrogens with one attached hydrogen (secondary N) is 2. The number of para-hydroxylation sites is 2. The first-order valence-corrected chi connectivity index (χ1v) is 11.5. The topological polar surface area (TPSA) is 95.2 Å². The molecular formula is C21H22F2N4O3S. The highest BCUT2D eigenvalue weighted by Crippen LogP contribution is 2.28. The molecule has 2 N–H and O–H groups in total. The maximum atomic E-state index is 13.3. The van der Waals surface area contributed by atoms with Crippen LogP contribution in [0.3, 0.4) is 0 Å². The van der Waals surface area contributed by atoms with Crippen LogP contribution < -0.4 is 4.72 Å². The molecule has 0 aliphatic carbocycles. The summed E-state index contributed by atoms with van der Waals surface area (Å²) in [5.74, 6) is -1.36. The number of H-pyrrole nitrogens is 1. The molecule has 0 radical (unpaired) electrons. The molecule has 7 nitrogen and oxygen atoms in total. The van der Waals surface area contributed by atoms with E-state index in [1.165, 1.54) is 0 Å². The van der Waals surface area contributed by atoms with Crippen molar-refractivity contribution in [2.24, 2.45) is 0 Å². The lowest BCUT2D eigenvalue weighted by molar-refractivity contribution is -0.132. The van der Waals surface area contributed by atoms with Gasteiger partial charge in [-0.1, -0.05) is 12.1 Å². The van der Waals surface area contributed by atoms with Crippen LogP contribution in [0.4, 0.5) is 8.78 Å². The summed E-state index contributed by atoms with van der Waals surface area (Å²) < 4.78 is 52.9. The number of nitrogens with zero attached hydrogens (tertiary/aromatic N) is 2. The third kappa shape index (κ3) is 4.75. The van der Waals surface area contributed by atoms with Gasteiger partial charge in [-0.25, -0.2) is 26.9 Å². The average Bonchev–Trinajstić information content (AvgIpc) is 3.20. The van der Waals surface area contributed by atoms with Crippen molar-refractivity contribution in [1.82, 2.24) is 19.6 Å². The fourth-order valence-corrected chi connectivity index (χ4v) is 4.79. The molecule has 0 saturated carbocycles. The number of carbonyl (C=O) groups is 1. The lowest BCUT2D eigenvalue weighted by Gasteiger charge is -2.31. The van der Waals surface area contributed by atoms with Crippen LogP contribution in [0.5, 0.6) is 0 Å². The first-order valence-electron chi connectivity index (χ1n) is 10.0. The molecule has 1 fully saturated rings. The highest BCUT2D eigenvalue weighted by molar-refractivity contribution is 7.89. The van der Waals surface area contributed by atoms with Crippen LogP contribution in [0.1, 0.15) is 31.0 Å². The number of piperidine rings is 1. The lowest BCUT2D eigenvalue weighted by atomic mass is 9.96. The molecular weight excluding hydrogens is 426 g/mol. The van der Waals surface area contributed by atoms with E-state index in [1.54, 1.807) is 4.90 Å². The number of carbonyl (C=O) groups excluding carboxylic acids is 1. The Bertz CT molecular complexity index is 1170. The molecule has 1 saturated heterocycles. The lowest BCUT2D eigenvalue weighted by Crippen LogP contribution is -2.39. The summed E-state index contributed by atoms with van der Waals surface area (Å²) in [6, 6.07) is 10.2. The number of rotatable bonds is 6. The molecule has 10 heteroatoms. The minimum Gasteiger partial charge on any atom is -0.343 e. The number of sulfonamides is 1. The Labute approximate surface area is 178 Å². The average molecular weight is 448 g/mol. The molecule has 0 bridgehead atoms. The van der Waals surface area contributed by atoms with E-state index in [9.17, 15) is 22.0 Å². The number of benzene rings is 2. The van der Waals surface area contributed by atoms with Gasteiger partial charge in [0.15, 0.2) is 11.6 Å². The molecule has 3 aromatic rings. The van der Waals surface area contributed by atoms with Crippen molar-refractivity contribution in [1.29, 1.82) is 0 Å². The first-order chi connectivity index (χ1) is 14.8. The van der Waals surface area contributed by atoms with E-state index in [0.29, 0.717) is 19.2 Å². The van der Waals surface area contributed by atoms with Crippen LogP contribution >= 0.6 is 0 Å². The maximum absolute atomic E-state index is 13.3. The quantitative estimate of drug-likeness (QED) is 0.606. The summed E-state index contributed by atoms with van der Waals surface area (Å²) in [7, 11) is -4.02. The molecule has 1 aliphatic rings. The van der Waals surface area contributed by atoms with Crippen molar-refractivity contribution in [3.8, 4) is 0 Å². The second-order valence-electron chi connectivity index (χ2n) is 7.52. The Balaban J connectivity index is 1.27. The van der Waals surface area contributed by atoms with E-state index < -0.39 is 21.7 Å². The zero-order valence-corrected chi connectivity index (χ0v) is 17.5. The molecule has 164 valence electrons. The van der Waals surface area contributed by atoms with Crippen LogP contribution in [0.25, 0.3) is 11.0 Å². The van der Waals surface area contributed by atoms with Gasteiger partial charge in [-0.3, -0.25) is 4.79 Å². The van der Waals surface area contributed by atoms with Gasteiger partial charge in [0.1, 0.15) is 5.82 Å². The number of fused-ring (bicyclic) bond motifs is 1. The number of amides is 1. The minimum atomic E-state index is -4.02. The molecule has 0 spiro atoms. The van der Waals surface area contributed by atoms with Gasteiger partial charge in [-0.15, -0.1) is 0 Å². The van der Waals surface area contributed by atoms with E-state index in [-0.39, 0.29) is 29.7 Å². The van der Waals surface area contributed by atoms with E-state index in [4.69, 9.17) is 0 Å². The van der Waals surface area contributed by atoms with Crippen LogP contribution in [0.2, 0.25) is 0 Å². The molecule has 1 aromatic heterocycles. The third-order valence-electron chi connectivity index (χ3n) is 5.47. The van der Waals surface area contributed by atoms with Crippen LogP contribution in [0, 0.1) is 11.6 Å². The maximum Gasteiger partial charge on any atom is 0.240 e. The van der Waals surface area contributed by atoms with Gasteiger partial charge in [0.2, 0.25) is 15.9 Å². The normalized spacial score (nSPS) is 15.5. The number of hydrogen-bond acceptors (Lipinski definition) is 4. The number of likely N-dealkylation sites (tertiary alicyclic amines) is 1. The monoisotopic (exact) mass is 448 g/mol. The standard InChI is InChI=1S/C21H22F2N4O3S/c22-16-6-5-15(13-17(16)23)31(29,30)24-10-7-20(28)27-11-8-14(9-12-27)21-25-18-3-1-2-4-19(18)26-21/h1-6,13-14,24H,7-12H2,(H,25,26). The first kappa shape index (κ1) is 21.4. The highest BCUT2D eigenvalue weighted by Gasteiger charge is 2.26. The van der Waals surface area contributed by atoms with Gasteiger partial charge >= 0.3 is 0 Å². The Kier molecular flexibility index (Phi) is 6.01. The highest BCUT2D eigenvalue weighted by atomic mass is 32.2. The smallest absolute Gasteiger partial charge is 0.240 e. The minimum absolute atomic E-state index is 0.0157. The van der Waals surface area contributed by atoms with Crippen molar-refractivity contribution >= 4 is 27.0 Å². The second kappa shape index (κ2) is 8.72. The van der Waals surface area contributed by atoms with Crippen molar-refractivity contribution in [3.05, 3.63) is 59.9 Å². The Morgan fingerprint density at radius 3 is 2.58 bits per heavy atom. The molecule has 1 aliphatic heterocycles. The van der Waals surface area contributed by atoms with Gasteiger partial charge < -0.3 is 9.88 Å². The fourth-order valence-electron chi connectivity index (χ4n) is 3.75. The zero-order chi connectivity index (χ0) is 22.0. The molecule has 2 heterocycles. The van der Waals surface area contributed by atoms with Crippen molar-refractivity contribution in [3.63, 3.8) is 0 Å². The van der Waals surface area contributed by atoms with Gasteiger partial charge in [0.05, 0.1) is 15.9 Å². The van der Waals surface area contributed by atoms with Gasteiger partial charge in [-0.2, -0.15) is 0 Å². The fraction of sp³-hybridized carbons (Fsp3) is 0.333. The largest absolute Gasteiger partial charge is 0.343 e. The van der Waals surface area contributed by atoms with Crippen LogP contribution in [0.15, 0.2) is 47.4 Å². The molecule has 4 rings (SSSR count). The Morgan fingerprint density at radius 1 is 1.13 bits per heavy atom. The number of hydrogen-bond donors (Lipinski definition) is 2. The molecule has 0 unspecified atom stereocenters. The summed E-state index contributed by atoms with van der Waals surface area (Å²) in [6.07, 6.45) is 1.52. The number of aromatic nitrogens is 2.